The molecular formula is C24H30N4O6S. The van der Waals surface area contributed by atoms with Crippen molar-refractivity contribution in [2.24, 2.45) is 0 Å². The summed E-state index contributed by atoms with van der Waals surface area (Å²) in [5, 5.41) is 8.72. The predicted octanol–water partition coefficient (Wildman–Crippen LogP) is 2.44. The molecule has 2 aromatic carbocycles. The van der Waals surface area contributed by atoms with Crippen molar-refractivity contribution in [1.82, 2.24) is 5.32 Å². The van der Waals surface area contributed by atoms with Crippen molar-refractivity contribution in [3.05, 3.63) is 48.0 Å². The molecule has 0 fully saturated rings. The van der Waals surface area contributed by atoms with Crippen LogP contribution in [0.5, 0.6) is 11.5 Å². The summed E-state index contributed by atoms with van der Waals surface area (Å²) >= 11 is 0. The molecule has 0 bridgehead atoms. The molecule has 0 saturated carbocycles. The van der Waals surface area contributed by atoms with Gasteiger partial charge in [0, 0.05) is 35.5 Å². The number of methoxy groups -OCH3 is 2. The van der Waals surface area contributed by atoms with E-state index >= 15 is 0 Å². The molecule has 3 rings (SSSR count). The maximum Gasteiger partial charge on any atom is 0.256 e. The number of carbonyl (C=O) groups is 2. The van der Waals surface area contributed by atoms with Gasteiger partial charge in [0.1, 0.15) is 6.54 Å². The number of likely N-dealkylation sites (N-methyl/N-ethyl adjacent to an activating group) is 1. The van der Waals surface area contributed by atoms with Gasteiger partial charge in [0.2, 0.25) is 15.9 Å². The van der Waals surface area contributed by atoms with E-state index in [1.165, 1.54) is 14.2 Å². The van der Waals surface area contributed by atoms with E-state index in [0.29, 0.717) is 40.6 Å². The molecule has 10 nitrogen and oxygen atoms in total. The zero-order chi connectivity index (χ0) is 25.8. The van der Waals surface area contributed by atoms with Gasteiger partial charge >= 0.3 is 0 Å². The highest BCUT2D eigenvalue weighted by atomic mass is 32.2. The van der Waals surface area contributed by atoms with Gasteiger partial charge in [-0.2, -0.15) is 0 Å². The molecule has 35 heavy (non-hydrogen) atoms. The molecule has 0 aromatic heterocycles. The Balaban J connectivity index is 1.78. The molecule has 0 radical (unpaired) electrons. The highest BCUT2D eigenvalue weighted by molar-refractivity contribution is 7.92. The third kappa shape index (κ3) is 6.04. The van der Waals surface area contributed by atoms with Gasteiger partial charge in [-0.25, -0.2) is 8.42 Å². The summed E-state index contributed by atoms with van der Waals surface area (Å²) in [6.07, 6.45) is 2.86. The van der Waals surface area contributed by atoms with Crippen LogP contribution < -0.4 is 29.7 Å². The third-order valence-electron chi connectivity index (χ3n) is 5.33. The number of benzene rings is 2. The van der Waals surface area contributed by atoms with E-state index in [2.05, 4.69) is 16.0 Å². The molecule has 0 aliphatic carbocycles. The summed E-state index contributed by atoms with van der Waals surface area (Å²) in [5.74, 6) is 0.431. The van der Waals surface area contributed by atoms with Gasteiger partial charge in [0.25, 0.3) is 5.91 Å². The van der Waals surface area contributed by atoms with E-state index in [4.69, 9.17) is 9.47 Å². The van der Waals surface area contributed by atoms with Gasteiger partial charge in [-0.3, -0.25) is 13.9 Å². The summed E-state index contributed by atoms with van der Waals surface area (Å²) in [6, 6.07) is 9.93. The number of fused-ring (bicyclic) bond motifs is 1. The first-order chi connectivity index (χ1) is 16.6. The average molecular weight is 503 g/mol. The lowest BCUT2D eigenvalue weighted by Crippen LogP contribution is -2.40. The summed E-state index contributed by atoms with van der Waals surface area (Å²) in [6.45, 7) is 3.77. The minimum absolute atomic E-state index is 0.228. The van der Waals surface area contributed by atoms with E-state index in [0.717, 1.165) is 16.2 Å². The maximum absolute atomic E-state index is 12.6. The first kappa shape index (κ1) is 25.9. The highest BCUT2D eigenvalue weighted by Crippen LogP contribution is 2.40. The van der Waals surface area contributed by atoms with Crippen LogP contribution in [0.2, 0.25) is 0 Å². The second-order valence-corrected chi connectivity index (χ2v) is 9.90. The van der Waals surface area contributed by atoms with Crippen molar-refractivity contribution in [3.8, 4) is 11.5 Å². The fraction of sp³-hybridized carbons (Fsp3) is 0.333. The molecule has 3 N–H and O–H groups in total. The number of hydrogen-bond acceptors (Lipinski definition) is 7. The Bertz CT molecular complexity index is 1240. The van der Waals surface area contributed by atoms with Gasteiger partial charge in [-0.15, -0.1) is 0 Å². The number of amides is 2. The van der Waals surface area contributed by atoms with E-state index in [1.54, 1.807) is 49.4 Å². The Labute approximate surface area is 205 Å². The number of nitrogens with zero attached hydrogens (tertiary/aromatic N) is 1. The Kier molecular flexibility index (Phi) is 7.90. The van der Waals surface area contributed by atoms with Gasteiger partial charge in [0.15, 0.2) is 11.5 Å². The maximum atomic E-state index is 12.6. The van der Waals surface area contributed by atoms with Gasteiger partial charge in [-0.05, 0) is 50.3 Å². The number of anilines is 3. The van der Waals surface area contributed by atoms with Crippen molar-refractivity contribution < 1.29 is 27.5 Å². The van der Waals surface area contributed by atoms with Crippen molar-refractivity contribution in [3.63, 3.8) is 0 Å². The van der Waals surface area contributed by atoms with Crippen LogP contribution in [0.4, 0.5) is 17.1 Å². The van der Waals surface area contributed by atoms with E-state index in [1.807, 2.05) is 6.92 Å². The van der Waals surface area contributed by atoms with Crippen LogP contribution in [-0.4, -0.2) is 59.8 Å². The standard InChI is InChI=1S/C24H30N4O6S/c1-6-25-23(29)14-28(35(5,31)32)17-9-7-16(8-10-17)26-15(2)11-19-18-12-21(33-3)22(34-4)13-20(18)27-24(19)30/h7-13,15,26H,6,14H2,1-5H3,(H,25,29)(H,27,30). The SMILES string of the molecule is CCNC(=O)CN(c1ccc(NC(C)C=C2C(=O)Nc3cc(OC)c(OC)cc32)cc1)S(C)(=O)=O. The molecule has 2 aromatic rings. The predicted molar refractivity (Wildman–Crippen MR) is 137 cm³/mol. The van der Waals surface area contributed by atoms with Crippen LogP contribution in [0.1, 0.15) is 19.4 Å². The second kappa shape index (κ2) is 10.7. The molecule has 0 spiro atoms. The van der Waals surface area contributed by atoms with E-state index in [-0.39, 0.29) is 24.4 Å². The first-order valence-electron chi connectivity index (χ1n) is 11.0. The first-order valence-corrected chi connectivity index (χ1v) is 12.8. The molecule has 1 unspecified atom stereocenters. The third-order valence-corrected chi connectivity index (χ3v) is 6.48. The Morgan fingerprint density at radius 2 is 1.77 bits per heavy atom. The number of nitrogens with one attached hydrogen (secondary N) is 3. The van der Waals surface area contributed by atoms with Crippen LogP contribution in [0.15, 0.2) is 42.5 Å². The quantitative estimate of drug-likeness (QED) is 0.426. The number of rotatable bonds is 10. The lowest BCUT2D eigenvalue weighted by atomic mass is 10.0. The fourth-order valence-corrected chi connectivity index (χ4v) is 4.60. The lowest BCUT2D eigenvalue weighted by Gasteiger charge is -2.22. The van der Waals surface area contributed by atoms with Gasteiger partial charge < -0.3 is 25.4 Å². The van der Waals surface area contributed by atoms with E-state index < -0.39 is 10.0 Å². The Hall–Kier alpha value is -3.73. The smallest absolute Gasteiger partial charge is 0.256 e. The van der Waals surface area contributed by atoms with Crippen molar-refractivity contribution in [1.29, 1.82) is 0 Å². The normalized spacial score (nSPS) is 14.7. The number of hydrogen-bond donors (Lipinski definition) is 3. The molecule has 2 amide bonds. The van der Waals surface area contributed by atoms with E-state index in [9.17, 15) is 18.0 Å². The van der Waals surface area contributed by atoms with Crippen LogP contribution >= 0.6 is 0 Å². The molecule has 1 aliphatic rings. The monoisotopic (exact) mass is 502 g/mol. The average Bonchev–Trinajstić information content (AvgIpc) is 3.10. The summed E-state index contributed by atoms with van der Waals surface area (Å²) in [4.78, 5) is 24.5. The van der Waals surface area contributed by atoms with Gasteiger partial charge in [-0.1, -0.05) is 0 Å². The van der Waals surface area contributed by atoms with Crippen molar-refractivity contribution in [2.45, 2.75) is 19.9 Å². The van der Waals surface area contributed by atoms with Crippen LogP contribution in [0.25, 0.3) is 5.57 Å². The minimum Gasteiger partial charge on any atom is -0.493 e. The van der Waals surface area contributed by atoms with Crippen LogP contribution in [0, 0.1) is 0 Å². The number of ether oxygens (including phenoxy) is 2. The summed E-state index contributed by atoms with van der Waals surface area (Å²) in [5.41, 5.74) is 2.95. The molecule has 1 atom stereocenters. The number of carbonyl (C=O) groups excluding carboxylic acids is 2. The zero-order valence-corrected chi connectivity index (χ0v) is 21.2. The summed E-state index contributed by atoms with van der Waals surface area (Å²) < 4.78 is 36.1. The van der Waals surface area contributed by atoms with Crippen LogP contribution in [-0.2, 0) is 19.6 Å². The fourth-order valence-electron chi connectivity index (χ4n) is 3.74. The molecule has 1 aliphatic heterocycles. The Morgan fingerprint density at radius 1 is 1.14 bits per heavy atom. The van der Waals surface area contributed by atoms with Crippen molar-refractivity contribution in [2.75, 3.05) is 48.5 Å². The molecule has 11 heteroatoms. The van der Waals surface area contributed by atoms with Crippen LogP contribution in [0.3, 0.4) is 0 Å². The largest absolute Gasteiger partial charge is 0.493 e. The van der Waals surface area contributed by atoms with Crippen molar-refractivity contribution >= 4 is 44.5 Å². The highest BCUT2D eigenvalue weighted by Gasteiger charge is 2.27. The summed E-state index contributed by atoms with van der Waals surface area (Å²) in [7, 11) is -0.583. The topological polar surface area (TPSA) is 126 Å². The number of sulfonamides is 1. The zero-order valence-electron chi connectivity index (χ0n) is 20.3. The molecule has 1 heterocycles. The van der Waals surface area contributed by atoms with Gasteiger partial charge in [0.05, 0.1) is 31.9 Å². The second-order valence-electron chi connectivity index (χ2n) is 7.99. The molecule has 0 saturated heterocycles. The lowest BCUT2D eigenvalue weighted by molar-refractivity contribution is -0.119. The molecule has 188 valence electrons. The Morgan fingerprint density at radius 3 is 2.34 bits per heavy atom. The molecular weight excluding hydrogens is 472 g/mol. The minimum atomic E-state index is -3.65.